The predicted octanol–water partition coefficient (Wildman–Crippen LogP) is 5.47. The molecule has 1 aromatic rings. The number of carbonyl (C=O) groups is 1. The first kappa shape index (κ1) is 23.7. The van der Waals surface area contributed by atoms with E-state index in [2.05, 4.69) is 33.9 Å². The minimum absolute atomic E-state index is 0.00163. The van der Waals surface area contributed by atoms with E-state index in [1.807, 2.05) is 32.9 Å². The first-order valence-corrected chi connectivity index (χ1v) is 13.0. The lowest BCUT2D eigenvalue weighted by molar-refractivity contribution is -0.183. The van der Waals surface area contributed by atoms with Crippen molar-refractivity contribution >= 4 is 14.3 Å². The molecule has 164 valence electrons. The van der Waals surface area contributed by atoms with Crippen LogP contribution in [-0.2, 0) is 14.2 Å². The molecule has 29 heavy (non-hydrogen) atoms. The van der Waals surface area contributed by atoms with Gasteiger partial charge >= 0.3 is 5.97 Å². The molecule has 6 nitrogen and oxygen atoms in total. The first-order chi connectivity index (χ1) is 13.3. The maximum absolute atomic E-state index is 13.2. The van der Waals surface area contributed by atoms with Crippen LogP contribution in [0.5, 0.6) is 11.5 Å². The summed E-state index contributed by atoms with van der Waals surface area (Å²) in [6, 6.07) is 3.66. The van der Waals surface area contributed by atoms with Crippen LogP contribution < -0.4 is 9.16 Å². The third-order valence-corrected chi connectivity index (χ3v) is 9.56. The van der Waals surface area contributed by atoms with Gasteiger partial charge in [-0.1, -0.05) is 20.8 Å². The molecule has 0 unspecified atom stereocenters. The van der Waals surface area contributed by atoms with Crippen molar-refractivity contribution in [3.63, 3.8) is 0 Å². The summed E-state index contributed by atoms with van der Waals surface area (Å²) in [7, 11) is -0.614. The maximum Gasteiger partial charge on any atom is 0.343 e. The van der Waals surface area contributed by atoms with Gasteiger partial charge in [-0.05, 0) is 57.5 Å². The zero-order chi connectivity index (χ0) is 22.0. The normalized spacial score (nSPS) is 16.4. The molecule has 0 radical (unpaired) electrons. The quantitative estimate of drug-likeness (QED) is 0.461. The van der Waals surface area contributed by atoms with Gasteiger partial charge in [-0.15, -0.1) is 0 Å². The van der Waals surface area contributed by atoms with Crippen LogP contribution in [0.25, 0.3) is 0 Å². The van der Waals surface area contributed by atoms with Crippen LogP contribution >= 0.6 is 0 Å². The van der Waals surface area contributed by atoms with Gasteiger partial charge in [-0.25, -0.2) is 4.79 Å². The van der Waals surface area contributed by atoms with Crippen LogP contribution in [0.3, 0.4) is 0 Å². The van der Waals surface area contributed by atoms with E-state index in [-0.39, 0.29) is 5.04 Å². The Morgan fingerprint density at radius 3 is 2.14 bits per heavy atom. The summed E-state index contributed by atoms with van der Waals surface area (Å²) in [5.41, 5.74) is 0.244. The number of hydrogen-bond donors (Lipinski definition) is 0. The van der Waals surface area contributed by atoms with Crippen LogP contribution in [0, 0.1) is 0 Å². The molecule has 0 saturated carbocycles. The summed E-state index contributed by atoms with van der Waals surface area (Å²) >= 11 is 0. The molecule has 1 fully saturated rings. The van der Waals surface area contributed by atoms with Gasteiger partial charge in [0.15, 0.2) is 12.0 Å². The van der Waals surface area contributed by atoms with Crippen molar-refractivity contribution in [1.29, 1.82) is 0 Å². The van der Waals surface area contributed by atoms with Crippen LogP contribution in [0.15, 0.2) is 12.1 Å². The first-order valence-electron chi connectivity index (χ1n) is 10.1. The molecular weight excluding hydrogens is 388 g/mol. The van der Waals surface area contributed by atoms with Crippen molar-refractivity contribution in [2.45, 2.75) is 78.0 Å². The molecule has 1 aliphatic rings. The minimum atomic E-state index is -2.15. The standard InChI is InChI=1S/C22H36O6Si/c1-21(2,3)27-19(23)17-15(20-25-13-10-14-26-20)11-12-16(18(17)24-7)28-29(8,9)22(4,5)6/h11-12,20H,10,13-14H2,1-9H3. The van der Waals surface area contributed by atoms with Gasteiger partial charge in [0, 0.05) is 5.56 Å². The van der Waals surface area contributed by atoms with E-state index in [1.54, 1.807) is 0 Å². The maximum atomic E-state index is 13.2. The molecule has 1 saturated heterocycles. The number of esters is 1. The number of ether oxygens (including phenoxy) is 4. The molecular formula is C22H36O6Si. The molecule has 0 spiro atoms. The summed E-state index contributed by atoms with van der Waals surface area (Å²) < 4.78 is 29.4. The summed E-state index contributed by atoms with van der Waals surface area (Å²) in [4.78, 5) is 13.2. The van der Waals surface area contributed by atoms with Gasteiger partial charge in [-0.2, -0.15) is 0 Å². The van der Waals surface area contributed by atoms with Crippen molar-refractivity contribution in [1.82, 2.24) is 0 Å². The predicted molar refractivity (Wildman–Crippen MR) is 115 cm³/mol. The molecule has 1 aliphatic heterocycles. The summed E-state index contributed by atoms with van der Waals surface area (Å²) in [6.45, 7) is 17.4. The molecule has 0 amide bonds. The van der Waals surface area contributed by atoms with Crippen molar-refractivity contribution in [3.05, 3.63) is 23.3 Å². The molecule has 1 heterocycles. The second kappa shape index (κ2) is 8.66. The summed E-state index contributed by atoms with van der Waals surface area (Å²) in [5, 5.41) is -0.00163. The van der Waals surface area contributed by atoms with Crippen LogP contribution in [-0.4, -0.2) is 40.2 Å². The molecule has 0 N–H and O–H groups in total. The second-order valence-corrected chi connectivity index (χ2v) is 14.6. The number of methoxy groups -OCH3 is 1. The molecule has 1 aromatic carbocycles. The van der Waals surface area contributed by atoms with Gasteiger partial charge < -0.3 is 23.4 Å². The molecule has 0 aromatic heterocycles. The molecule has 7 heteroatoms. The third-order valence-electron chi connectivity index (χ3n) is 5.21. The van der Waals surface area contributed by atoms with Crippen LogP contribution in [0.2, 0.25) is 18.1 Å². The van der Waals surface area contributed by atoms with E-state index < -0.39 is 26.2 Å². The number of benzene rings is 1. The summed E-state index contributed by atoms with van der Waals surface area (Å²) in [5.74, 6) is 0.418. The Bertz CT molecular complexity index is 724. The van der Waals surface area contributed by atoms with E-state index >= 15 is 0 Å². The van der Waals surface area contributed by atoms with E-state index in [1.165, 1.54) is 7.11 Å². The number of hydrogen-bond acceptors (Lipinski definition) is 6. The Kier molecular flexibility index (Phi) is 7.08. The highest BCUT2D eigenvalue weighted by atomic mass is 28.4. The second-order valence-electron chi connectivity index (χ2n) is 9.85. The fourth-order valence-corrected chi connectivity index (χ4v) is 3.71. The lowest BCUT2D eigenvalue weighted by Crippen LogP contribution is -2.44. The van der Waals surface area contributed by atoms with Crippen LogP contribution in [0.4, 0.5) is 0 Å². The Labute approximate surface area is 175 Å². The van der Waals surface area contributed by atoms with Crippen molar-refractivity contribution < 1.29 is 28.2 Å². The topological polar surface area (TPSA) is 63.2 Å². The average Bonchev–Trinajstić information content (AvgIpc) is 2.59. The monoisotopic (exact) mass is 424 g/mol. The molecule has 0 aliphatic carbocycles. The average molecular weight is 425 g/mol. The zero-order valence-corrected chi connectivity index (χ0v) is 20.3. The largest absolute Gasteiger partial charge is 0.541 e. The third kappa shape index (κ3) is 5.74. The number of rotatable bonds is 5. The van der Waals surface area contributed by atoms with Gasteiger partial charge in [0.25, 0.3) is 8.32 Å². The van der Waals surface area contributed by atoms with E-state index in [0.717, 1.165) is 6.42 Å². The van der Waals surface area contributed by atoms with Gasteiger partial charge in [0.2, 0.25) is 0 Å². The lowest BCUT2D eigenvalue weighted by Gasteiger charge is -2.37. The smallest absolute Gasteiger partial charge is 0.343 e. The van der Waals surface area contributed by atoms with Gasteiger partial charge in [-0.3, -0.25) is 0 Å². The Morgan fingerprint density at radius 1 is 1.07 bits per heavy atom. The molecule has 0 atom stereocenters. The van der Waals surface area contributed by atoms with Gasteiger partial charge in [0.1, 0.15) is 16.9 Å². The van der Waals surface area contributed by atoms with Gasteiger partial charge in [0.05, 0.1) is 20.3 Å². The summed E-state index contributed by atoms with van der Waals surface area (Å²) in [6.07, 6.45) is 0.184. The zero-order valence-electron chi connectivity index (χ0n) is 19.3. The Balaban J connectivity index is 2.58. The fraction of sp³-hybridized carbons (Fsp3) is 0.682. The number of carbonyl (C=O) groups excluding carboxylic acids is 1. The lowest BCUT2D eigenvalue weighted by atomic mass is 10.0. The van der Waals surface area contributed by atoms with Crippen molar-refractivity contribution in [3.8, 4) is 11.5 Å². The minimum Gasteiger partial charge on any atom is -0.541 e. The SMILES string of the molecule is COc1c(O[Si](C)(C)C(C)(C)C)ccc(C2OCCCO2)c1C(=O)OC(C)(C)C. The van der Waals surface area contributed by atoms with E-state index in [9.17, 15) is 4.79 Å². The van der Waals surface area contributed by atoms with Crippen LogP contribution in [0.1, 0.15) is 70.2 Å². The highest BCUT2D eigenvalue weighted by molar-refractivity contribution is 6.74. The van der Waals surface area contributed by atoms with E-state index in [0.29, 0.717) is 35.8 Å². The van der Waals surface area contributed by atoms with Crippen molar-refractivity contribution in [2.24, 2.45) is 0 Å². The Hall–Kier alpha value is -1.57. The highest BCUT2D eigenvalue weighted by Crippen LogP contribution is 2.43. The molecule has 0 bridgehead atoms. The van der Waals surface area contributed by atoms with Crippen molar-refractivity contribution in [2.75, 3.05) is 20.3 Å². The fourth-order valence-electron chi connectivity index (χ4n) is 2.69. The van der Waals surface area contributed by atoms with E-state index in [4.69, 9.17) is 23.4 Å². The highest BCUT2D eigenvalue weighted by Gasteiger charge is 2.40. The Morgan fingerprint density at radius 2 is 1.66 bits per heavy atom. The molecule has 2 rings (SSSR count).